The second-order valence-electron chi connectivity index (χ2n) is 6.19. The van der Waals surface area contributed by atoms with Crippen molar-refractivity contribution in [3.63, 3.8) is 0 Å². The summed E-state index contributed by atoms with van der Waals surface area (Å²) in [6.07, 6.45) is -0.820. The average molecular weight is 298 g/mol. The monoisotopic (exact) mass is 298 g/mol. The number of halogens is 3. The molecule has 1 N–H and O–H groups in total. The largest absolute Gasteiger partial charge is 0.416 e. The smallest absolute Gasteiger partial charge is 0.370 e. The second kappa shape index (κ2) is 5.52. The topological polar surface area (TPSA) is 15.3 Å². The fraction of sp³-hybridized carbons (Fsp3) is 0.625. The number of hydrogen-bond acceptors (Lipinski definition) is 2. The molecular weight excluding hydrogens is 277 g/mol. The predicted molar refractivity (Wildman–Crippen MR) is 77.5 cm³/mol. The normalized spacial score (nSPS) is 24.0. The summed E-state index contributed by atoms with van der Waals surface area (Å²) < 4.78 is 39.2. The summed E-state index contributed by atoms with van der Waals surface area (Å²) in [6.45, 7) is 4.10. The van der Waals surface area contributed by atoms with Gasteiger partial charge in [-0.05, 0) is 56.3 Å². The van der Waals surface area contributed by atoms with Gasteiger partial charge in [-0.2, -0.15) is 13.2 Å². The van der Waals surface area contributed by atoms with E-state index < -0.39 is 11.7 Å². The van der Waals surface area contributed by atoms with Crippen molar-refractivity contribution in [1.82, 2.24) is 5.32 Å². The summed E-state index contributed by atoms with van der Waals surface area (Å²) in [4.78, 5) is 2.11. The van der Waals surface area contributed by atoms with E-state index in [1.165, 1.54) is 25.8 Å². The number of benzene rings is 1. The first-order valence-electron chi connectivity index (χ1n) is 7.61. The van der Waals surface area contributed by atoms with Crippen LogP contribution < -0.4 is 10.2 Å². The van der Waals surface area contributed by atoms with E-state index in [4.69, 9.17) is 0 Å². The lowest BCUT2D eigenvalue weighted by atomic mass is 10.1. The van der Waals surface area contributed by atoms with Crippen molar-refractivity contribution in [2.45, 2.75) is 38.4 Å². The summed E-state index contributed by atoms with van der Waals surface area (Å²) in [5, 5.41) is 3.54. The Morgan fingerprint density at radius 1 is 1.24 bits per heavy atom. The molecule has 0 amide bonds. The van der Waals surface area contributed by atoms with Gasteiger partial charge < -0.3 is 10.2 Å². The SMILES string of the molecule is Cc1ccc(N2CCCNC(C3CC3)C2)cc1C(F)(F)F. The van der Waals surface area contributed by atoms with Crippen molar-refractivity contribution in [3.05, 3.63) is 29.3 Å². The minimum absolute atomic E-state index is 0.290. The molecule has 1 aromatic carbocycles. The molecule has 1 saturated heterocycles. The maximum Gasteiger partial charge on any atom is 0.416 e. The maximum absolute atomic E-state index is 13.1. The first-order valence-corrected chi connectivity index (χ1v) is 7.61. The van der Waals surface area contributed by atoms with E-state index in [2.05, 4.69) is 10.2 Å². The average Bonchev–Trinajstić information content (AvgIpc) is 3.24. The zero-order valence-corrected chi connectivity index (χ0v) is 12.2. The van der Waals surface area contributed by atoms with Gasteiger partial charge >= 0.3 is 6.18 Å². The minimum Gasteiger partial charge on any atom is -0.370 e. The van der Waals surface area contributed by atoms with Gasteiger partial charge in [-0.1, -0.05) is 6.07 Å². The zero-order valence-electron chi connectivity index (χ0n) is 12.2. The molecule has 1 saturated carbocycles. The van der Waals surface area contributed by atoms with Crippen molar-refractivity contribution in [2.75, 3.05) is 24.5 Å². The fourth-order valence-electron chi connectivity index (χ4n) is 3.11. The molecule has 0 bridgehead atoms. The van der Waals surface area contributed by atoms with Crippen LogP contribution >= 0.6 is 0 Å². The Bertz CT molecular complexity index is 509. The van der Waals surface area contributed by atoms with Crippen molar-refractivity contribution in [1.29, 1.82) is 0 Å². The van der Waals surface area contributed by atoms with Crippen molar-refractivity contribution in [3.8, 4) is 0 Å². The Hall–Kier alpha value is -1.23. The van der Waals surface area contributed by atoms with Crippen LogP contribution in [0.2, 0.25) is 0 Å². The molecule has 1 atom stereocenters. The summed E-state index contributed by atoms with van der Waals surface area (Å²) >= 11 is 0. The van der Waals surface area contributed by atoms with Crippen LogP contribution in [0.25, 0.3) is 0 Å². The predicted octanol–water partition coefficient (Wildman–Crippen LogP) is 3.59. The van der Waals surface area contributed by atoms with Gasteiger partial charge in [0.1, 0.15) is 0 Å². The Balaban J connectivity index is 1.84. The van der Waals surface area contributed by atoms with E-state index in [-0.39, 0.29) is 5.56 Å². The highest BCUT2D eigenvalue weighted by Gasteiger charge is 2.35. The number of hydrogen-bond donors (Lipinski definition) is 1. The van der Waals surface area contributed by atoms with Gasteiger partial charge in [0.2, 0.25) is 0 Å². The number of nitrogens with zero attached hydrogens (tertiary/aromatic N) is 1. The Labute approximate surface area is 123 Å². The van der Waals surface area contributed by atoms with Crippen molar-refractivity contribution < 1.29 is 13.2 Å². The van der Waals surface area contributed by atoms with Crippen LogP contribution in [0.1, 0.15) is 30.4 Å². The molecule has 0 radical (unpaired) electrons. The number of nitrogens with one attached hydrogen (secondary N) is 1. The third-order valence-electron chi connectivity index (χ3n) is 4.51. The molecule has 0 spiro atoms. The van der Waals surface area contributed by atoms with Crippen LogP contribution in [0.5, 0.6) is 0 Å². The molecule has 1 aromatic rings. The third-order valence-corrected chi connectivity index (χ3v) is 4.51. The van der Waals surface area contributed by atoms with Crippen LogP contribution in [0.3, 0.4) is 0 Å². The van der Waals surface area contributed by atoms with E-state index in [1.807, 2.05) is 6.07 Å². The Kier molecular flexibility index (Phi) is 3.86. The van der Waals surface area contributed by atoms with Crippen LogP contribution in [-0.4, -0.2) is 25.7 Å². The van der Waals surface area contributed by atoms with E-state index in [0.717, 1.165) is 26.1 Å². The molecular formula is C16H21F3N2. The molecule has 2 fully saturated rings. The van der Waals surface area contributed by atoms with Crippen molar-refractivity contribution >= 4 is 5.69 Å². The maximum atomic E-state index is 13.1. The van der Waals surface area contributed by atoms with Gasteiger partial charge in [0, 0.05) is 24.8 Å². The lowest BCUT2D eigenvalue weighted by Crippen LogP contribution is -2.39. The highest BCUT2D eigenvalue weighted by molar-refractivity contribution is 5.52. The van der Waals surface area contributed by atoms with Gasteiger partial charge in [0.05, 0.1) is 5.56 Å². The molecule has 5 heteroatoms. The van der Waals surface area contributed by atoms with E-state index in [9.17, 15) is 13.2 Å². The molecule has 3 rings (SSSR count). The number of anilines is 1. The quantitative estimate of drug-likeness (QED) is 0.897. The zero-order chi connectivity index (χ0) is 15.0. The molecule has 2 nitrogen and oxygen atoms in total. The van der Waals surface area contributed by atoms with Gasteiger partial charge in [-0.15, -0.1) is 0 Å². The van der Waals surface area contributed by atoms with Gasteiger partial charge in [0.25, 0.3) is 0 Å². The lowest BCUT2D eigenvalue weighted by Gasteiger charge is -2.27. The van der Waals surface area contributed by atoms with Crippen molar-refractivity contribution in [2.24, 2.45) is 5.92 Å². The van der Waals surface area contributed by atoms with Crippen LogP contribution in [0.4, 0.5) is 18.9 Å². The first kappa shape index (κ1) is 14.7. The summed E-state index contributed by atoms with van der Waals surface area (Å²) in [5.74, 6) is 0.707. The first-order chi connectivity index (χ1) is 9.95. The molecule has 1 unspecified atom stereocenters. The number of alkyl halides is 3. The fourth-order valence-corrected chi connectivity index (χ4v) is 3.11. The van der Waals surface area contributed by atoms with Gasteiger partial charge in [0.15, 0.2) is 0 Å². The highest BCUT2D eigenvalue weighted by atomic mass is 19.4. The number of rotatable bonds is 2. The van der Waals surface area contributed by atoms with Crippen LogP contribution in [-0.2, 0) is 6.18 Å². The van der Waals surface area contributed by atoms with E-state index >= 15 is 0 Å². The summed E-state index contributed by atoms with van der Waals surface area (Å²) in [5.41, 5.74) is 0.473. The standard InChI is InChI=1S/C16H21F3N2/c1-11-3-6-13(9-14(11)16(17,18)19)21-8-2-7-20-15(10-21)12-4-5-12/h3,6,9,12,15,20H,2,4-5,7-8,10H2,1H3. The summed E-state index contributed by atoms with van der Waals surface area (Å²) in [6, 6.07) is 5.13. The molecule has 1 aliphatic heterocycles. The molecule has 21 heavy (non-hydrogen) atoms. The Morgan fingerprint density at radius 2 is 2.00 bits per heavy atom. The summed E-state index contributed by atoms with van der Waals surface area (Å²) in [7, 11) is 0. The highest BCUT2D eigenvalue weighted by Crippen LogP contribution is 2.36. The van der Waals surface area contributed by atoms with Crippen LogP contribution in [0.15, 0.2) is 18.2 Å². The Morgan fingerprint density at radius 3 is 2.67 bits per heavy atom. The van der Waals surface area contributed by atoms with Crippen LogP contribution in [0, 0.1) is 12.8 Å². The molecule has 0 aromatic heterocycles. The molecule has 116 valence electrons. The third kappa shape index (κ3) is 3.34. The molecule has 1 heterocycles. The van der Waals surface area contributed by atoms with Gasteiger partial charge in [-0.3, -0.25) is 0 Å². The van der Waals surface area contributed by atoms with E-state index in [0.29, 0.717) is 17.6 Å². The van der Waals surface area contributed by atoms with E-state index in [1.54, 1.807) is 6.07 Å². The number of aryl methyl sites for hydroxylation is 1. The molecule has 1 aliphatic carbocycles. The second-order valence-corrected chi connectivity index (χ2v) is 6.19. The molecule has 2 aliphatic rings. The minimum atomic E-state index is -4.28. The van der Waals surface area contributed by atoms with Gasteiger partial charge in [-0.25, -0.2) is 0 Å². The lowest BCUT2D eigenvalue weighted by molar-refractivity contribution is -0.138.